The van der Waals surface area contributed by atoms with Crippen molar-refractivity contribution >= 4 is 5.97 Å². The van der Waals surface area contributed by atoms with Crippen LogP contribution in [0.1, 0.15) is 6.92 Å². The highest BCUT2D eigenvalue weighted by Crippen LogP contribution is 2.12. The van der Waals surface area contributed by atoms with Gasteiger partial charge in [0.25, 0.3) is 0 Å². The molecule has 1 fully saturated rings. The second-order valence-electron chi connectivity index (χ2n) is 4.09. The Morgan fingerprint density at radius 3 is 2.80 bits per heavy atom. The van der Waals surface area contributed by atoms with Crippen LogP contribution in [-0.4, -0.2) is 68.2 Å². The summed E-state index contributed by atoms with van der Waals surface area (Å²) < 4.78 is 4.75. The zero-order valence-corrected chi connectivity index (χ0v) is 9.77. The fraction of sp³-hybridized carbons (Fsp3) is 0.900. The van der Waals surface area contributed by atoms with E-state index < -0.39 is 0 Å². The molecule has 2 N–H and O–H groups in total. The summed E-state index contributed by atoms with van der Waals surface area (Å²) in [7, 11) is 3.50. The summed E-state index contributed by atoms with van der Waals surface area (Å²) in [6.45, 7) is 5.20. The third-order valence-corrected chi connectivity index (χ3v) is 3.04. The van der Waals surface area contributed by atoms with Crippen LogP contribution in [-0.2, 0) is 9.53 Å². The molecule has 1 heterocycles. The maximum atomic E-state index is 11.4. The first kappa shape index (κ1) is 12.4. The van der Waals surface area contributed by atoms with Gasteiger partial charge in [0, 0.05) is 32.2 Å². The minimum Gasteiger partial charge on any atom is -0.468 e. The number of likely N-dealkylation sites (N-methyl/N-ethyl adjacent to an activating group) is 1. The Bertz CT molecular complexity index is 223. The molecule has 0 amide bonds. The van der Waals surface area contributed by atoms with Crippen molar-refractivity contribution in [1.29, 1.82) is 0 Å². The molecule has 5 heteroatoms. The second kappa shape index (κ2) is 5.44. The number of methoxy groups -OCH3 is 1. The molecule has 1 rings (SSSR count). The number of piperazine rings is 1. The Kier molecular flexibility index (Phi) is 4.50. The summed E-state index contributed by atoms with van der Waals surface area (Å²) in [5.41, 5.74) is 5.71. The molecule has 0 aliphatic carbocycles. The van der Waals surface area contributed by atoms with Crippen LogP contribution in [0.25, 0.3) is 0 Å². The lowest BCUT2D eigenvalue weighted by molar-refractivity contribution is -0.148. The fourth-order valence-corrected chi connectivity index (χ4v) is 2.05. The van der Waals surface area contributed by atoms with Gasteiger partial charge < -0.3 is 15.4 Å². The first-order valence-corrected chi connectivity index (χ1v) is 5.32. The average Bonchev–Trinajstić information content (AvgIpc) is 2.26. The largest absolute Gasteiger partial charge is 0.468 e. The zero-order valence-electron chi connectivity index (χ0n) is 9.77. The quantitative estimate of drug-likeness (QED) is 0.620. The Morgan fingerprint density at radius 1 is 1.60 bits per heavy atom. The highest BCUT2D eigenvalue weighted by Gasteiger charge is 2.31. The Balaban J connectivity index is 2.62. The van der Waals surface area contributed by atoms with Crippen LogP contribution in [0.15, 0.2) is 0 Å². The SMILES string of the molecule is COC(=O)C(C)N1CCN(C)CC1CN. The lowest BCUT2D eigenvalue weighted by Crippen LogP contribution is -2.59. The van der Waals surface area contributed by atoms with Crippen LogP contribution in [0.2, 0.25) is 0 Å². The molecule has 1 aliphatic heterocycles. The van der Waals surface area contributed by atoms with Gasteiger partial charge in [0.1, 0.15) is 6.04 Å². The summed E-state index contributed by atoms with van der Waals surface area (Å²) in [5, 5.41) is 0. The van der Waals surface area contributed by atoms with E-state index in [2.05, 4.69) is 16.8 Å². The van der Waals surface area contributed by atoms with Gasteiger partial charge >= 0.3 is 5.97 Å². The van der Waals surface area contributed by atoms with Gasteiger partial charge in [-0.25, -0.2) is 0 Å². The van der Waals surface area contributed by atoms with E-state index in [-0.39, 0.29) is 18.1 Å². The van der Waals surface area contributed by atoms with E-state index in [0.717, 1.165) is 19.6 Å². The van der Waals surface area contributed by atoms with Crippen LogP contribution in [0.5, 0.6) is 0 Å². The molecule has 0 aromatic carbocycles. The lowest BCUT2D eigenvalue weighted by Gasteiger charge is -2.41. The molecular weight excluding hydrogens is 194 g/mol. The maximum Gasteiger partial charge on any atom is 0.322 e. The highest BCUT2D eigenvalue weighted by molar-refractivity contribution is 5.75. The van der Waals surface area contributed by atoms with E-state index in [0.29, 0.717) is 6.54 Å². The van der Waals surface area contributed by atoms with Gasteiger partial charge in [0.15, 0.2) is 0 Å². The number of nitrogens with zero attached hydrogens (tertiary/aromatic N) is 2. The summed E-state index contributed by atoms with van der Waals surface area (Å²) in [6.07, 6.45) is 0. The van der Waals surface area contributed by atoms with E-state index in [1.807, 2.05) is 6.92 Å². The molecule has 0 radical (unpaired) electrons. The maximum absolute atomic E-state index is 11.4. The molecule has 0 saturated carbocycles. The number of hydrogen-bond acceptors (Lipinski definition) is 5. The third kappa shape index (κ3) is 2.90. The van der Waals surface area contributed by atoms with Crippen molar-refractivity contribution in [3.63, 3.8) is 0 Å². The van der Waals surface area contributed by atoms with Crippen molar-refractivity contribution in [2.24, 2.45) is 5.73 Å². The number of nitrogens with two attached hydrogens (primary N) is 1. The van der Waals surface area contributed by atoms with Crippen LogP contribution in [0, 0.1) is 0 Å². The molecule has 0 spiro atoms. The van der Waals surface area contributed by atoms with Gasteiger partial charge in [0.2, 0.25) is 0 Å². The first-order chi connectivity index (χ1) is 7.10. The molecule has 2 unspecified atom stereocenters. The Labute approximate surface area is 91.2 Å². The van der Waals surface area contributed by atoms with Crippen LogP contribution in [0.4, 0.5) is 0 Å². The van der Waals surface area contributed by atoms with Crippen molar-refractivity contribution in [3.05, 3.63) is 0 Å². The molecule has 2 atom stereocenters. The van der Waals surface area contributed by atoms with Gasteiger partial charge in [-0.2, -0.15) is 0 Å². The Hall–Kier alpha value is -0.650. The predicted molar refractivity (Wildman–Crippen MR) is 58.5 cm³/mol. The van der Waals surface area contributed by atoms with E-state index in [9.17, 15) is 4.79 Å². The molecule has 5 nitrogen and oxygen atoms in total. The van der Waals surface area contributed by atoms with Crippen molar-refractivity contribution in [3.8, 4) is 0 Å². The molecule has 1 saturated heterocycles. The highest BCUT2D eigenvalue weighted by atomic mass is 16.5. The zero-order chi connectivity index (χ0) is 11.4. The van der Waals surface area contributed by atoms with Gasteiger partial charge in [0.05, 0.1) is 7.11 Å². The smallest absolute Gasteiger partial charge is 0.322 e. The molecule has 0 bridgehead atoms. The summed E-state index contributed by atoms with van der Waals surface area (Å²) in [5.74, 6) is -0.182. The summed E-state index contributed by atoms with van der Waals surface area (Å²) >= 11 is 0. The molecule has 15 heavy (non-hydrogen) atoms. The van der Waals surface area contributed by atoms with Crippen LogP contribution < -0.4 is 5.73 Å². The van der Waals surface area contributed by atoms with Crippen molar-refractivity contribution in [1.82, 2.24) is 9.80 Å². The summed E-state index contributed by atoms with van der Waals surface area (Å²) in [4.78, 5) is 15.8. The second-order valence-corrected chi connectivity index (χ2v) is 4.09. The molecule has 0 aromatic rings. The van der Waals surface area contributed by atoms with E-state index >= 15 is 0 Å². The standard InChI is InChI=1S/C10H21N3O2/c1-8(10(14)15-3)13-5-4-12(2)7-9(13)6-11/h8-9H,4-7,11H2,1-3H3. The number of ether oxygens (including phenoxy) is 1. The molecule has 88 valence electrons. The third-order valence-electron chi connectivity index (χ3n) is 3.04. The predicted octanol–water partition coefficient (Wildman–Crippen LogP) is -0.877. The number of hydrogen-bond donors (Lipinski definition) is 1. The molecule has 0 aromatic heterocycles. The molecular formula is C10H21N3O2. The van der Waals surface area contributed by atoms with Crippen LogP contribution in [0.3, 0.4) is 0 Å². The van der Waals surface area contributed by atoms with Gasteiger partial charge in [-0.05, 0) is 14.0 Å². The van der Waals surface area contributed by atoms with E-state index in [4.69, 9.17) is 10.5 Å². The minimum atomic E-state index is -0.197. The average molecular weight is 215 g/mol. The van der Waals surface area contributed by atoms with Gasteiger partial charge in [-0.3, -0.25) is 9.69 Å². The van der Waals surface area contributed by atoms with Crippen LogP contribution >= 0.6 is 0 Å². The van der Waals surface area contributed by atoms with Gasteiger partial charge in [-0.15, -0.1) is 0 Å². The van der Waals surface area contributed by atoms with E-state index in [1.54, 1.807) is 0 Å². The van der Waals surface area contributed by atoms with Crippen molar-refractivity contribution < 1.29 is 9.53 Å². The fourth-order valence-electron chi connectivity index (χ4n) is 2.05. The lowest BCUT2D eigenvalue weighted by atomic mass is 10.1. The van der Waals surface area contributed by atoms with Gasteiger partial charge in [-0.1, -0.05) is 0 Å². The topological polar surface area (TPSA) is 58.8 Å². The minimum absolute atomic E-state index is 0.182. The Morgan fingerprint density at radius 2 is 2.27 bits per heavy atom. The number of carbonyl (C=O) groups is 1. The summed E-state index contributed by atoms with van der Waals surface area (Å²) in [6, 6.07) is 0.0510. The van der Waals surface area contributed by atoms with Crippen molar-refractivity contribution in [2.75, 3.05) is 40.3 Å². The van der Waals surface area contributed by atoms with Crippen molar-refractivity contribution in [2.45, 2.75) is 19.0 Å². The normalized spacial score (nSPS) is 26.3. The number of carbonyl (C=O) groups excluding carboxylic acids is 1. The molecule has 1 aliphatic rings. The number of rotatable bonds is 3. The monoisotopic (exact) mass is 215 g/mol. The first-order valence-electron chi connectivity index (χ1n) is 5.32. The number of esters is 1. The van der Waals surface area contributed by atoms with E-state index in [1.165, 1.54) is 7.11 Å².